The molecule has 1 atom stereocenters. The minimum atomic E-state index is -4.38. The second kappa shape index (κ2) is 9.11. The van der Waals surface area contributed by atoms with E-state index in [2.05, 4.69) is 21.7 Å². The van der Waals surface area contributed by atoms with Crippen LogP contribution in [0, 0.1) is 6.92 Å². The van der Waals surface area contributed by atoms with Crippen LogP contribution in [0.25, 0.3) is 11.1 Å². The number of nitrogens with zero attached hydrogens (tertiary/aromatic N) is 1. The summed E-state index contributed by atoms with van der Waals surface area (Å²) in [5.74, 6) is -0.840. The Morgan fingerprint density at radius 2 is 2.06 bits per heavy atom. The highest BCUT2D eigenvalue weighted by molar-refractivity contribution is 5.93. The Labute approximate surface area is 188 Å². The van der Waals surface area contributed by atoms with E-state index < -0.39 is 18.8 Å². The number of aromatic nitrogens is 1. The first-order valence-corrected chi connectivity index (χ1v) is 10.3. The minimum Gasteiger partial charge on any atom is -0.484 e. The number of halogens is 3. The van der Waals surface area contributed by atoms with Crippen LogP contribution in [0.5, 0.6) is 5.75 Å². The number of hydrogen-bond donors (Lipinski definition) is 3. The van der Waals surface area contributed by atoms with E-state index in [1.165, 1.54) is 18.5 Å². The zero-order valence-corrected chi connectivity index (χ0v) is 17.7. The maximum Gasteiger partial charge on any atom is 0.422 e. The Kier molecular flexibility index (Phi) is 6.24. The minimum absolute atomic E-state index is 0.00450. The number of ether oxygens (including phenoxy) is 1. The Balaban J connectivity index is 1.47. The van der Waals surface area contributed by atoms with Gasteiger partial charge in [-0.2, -0.15) is 13.2 Å². The van der Waals surface area contributed by atoms with Crippen molar-refractivity contribution in [1.82, 2.24) is 10.3 Å². The topological polar surface area (TPSA) is 83.5 Å². The number of aryl methyl sites for hydroxylation is 1. The molecule has 9 heteroatoms. The van der Waals surface area contributed by atoms with Gasteiger partial charge in [0.25, 0.3) is 0 Å². The molecule has 2 aromatic carbocycles. The SMILES string of the molecule is Cc1cc(OCC(F)(F)F)ccc1-c1ccc2c(c1)CNC2CNc1cnccc1C(=O)O. The quantitative estimate of drug-likeness (QED) is 0.466. The molecule has 2 heterocycles. The summed E-state index contributed by atoms with van der Waals surface area (Å²) < 4.78 is 42.0. The molecule has 0 saturated heterocycles. The van der Waals surface area contributed by atoms with Gasteiger partial charge in [-0.3, -0.25) is 4.98 Å². The summed E-state index contributed by atoms with van der Waals surface area (Å²) in [5, 5.41) is 15.9. The zero-order valence-electron chi connectivity index (χ0n) is 17.7. The largest absolute Gasteiger partial charge is 0.484 e. The van der Waals surface area contributed by atoms with Gasteiger partial charge in [0.1, 0.15) is 5.75 Å². The third kappa shape index (κ3) is 5.25. The normalized spacial score (nSPS) is 15.2. The van der Waals surface area contributed by atoms with Crippen LogP contribution in [0.15, 0.2) is 54.9 Å². The van der Waals surface area contributed by atoms with Crippen molar-refractivity contribution in [2.24, 2.45) is 0 Å². The van der Waals surface area contributed by atoms with Gasteiger partial charge >= 0.3 is 12.1 Å². The fourth-order valence-corrected chi connectivity index (χ4v) is 3.94. The van der Waals surface area contributed by atoms with Crippen molar-refractivity contribution in [2.45, 2.75) is 25.7 Å². The maximum absolute atomic E-state index is 12.4. The van der Waals surface area contributed by atoms with Crippen LogP contribution in [0.3, 0.4) is 0 Å². The molecule has 1 unspecified atom stereocenters. The van der Waals surface area contributed by atoms with Crippen LogP contribution in [-0.4, -0.2) is 35.4 Å². The van der Waals surface area contributed by atoms with Gasteiger partial charge in [-0.15, -0.1) is 0 Å². The molecule has 33 heavy (non-hydrogen) atoms. The van der Waals surface area contributed by atoms with Crippen LogP contribution in [0.4, 0.5) is 18.9 Å². The molecule has 3 N–H and O–H groups in total. The molecule has 0 saturated carbocycles. The average Bonchev–Trinajstić information content (AvgIpc) is 3.18. The van der Waals surface area contributed by atoms with Crippen molar-refractivity contribution in [3.63, 3.8) is 0 Å². The predicted octanol–water partition coefficient (Wildman–Crippen LogP) is 4.95. The number of nitrogens with one attached hydrogen (secondary N) is 2. The highest BCUT2D eigenvalue weighted by Gasteiger charge is 2.28. The van der Waals surface area contributed by atoms with Crippen molar-refractivity contribution >= 4 is 11.7 Å². The maximum atomic E-state index is 12.4. The third-order valence-electron chi connectivity index (χ3n) is 5.52. The highest BCUT2D eigenvalue weighted by atomic mass is 19.4. The second-order valence-electron chi connectivity index (χ2n) is 7.83. The zero-order chi connectivity index (χ0) is 23.6. The number of aromatic carboxylic acids is 1. The number of anilines is 1. The van der Waals surface area contributed by atoms with Crippen LogP contribution in [0.2, 0.25) is 0 Å². The number of pyridine rings is 1. The van der Waals surface area contributed by atoms with E-state index in [1.807, 2.05) is 19.1 Å². The summed E-state index contributed by atoms with van der Waals surface area (Å²) in [6.07, 6.45) is -1.44. The Hall–Kier alpha value is -3.59. The molecule has 3 aromatic rings. The van der Waals surface area contributed by atoms with Crippen LogP contribution in [-0.2, 0) is 6.54 Å². The Morgan fingerprint density at radius 1 is 1.24 bits per heavy atom. The lowest BCUT2D eigenvalue weighted by Gasteiger charge is -2.16. The number of carbonyl (C=O) groups is 1. The summed E-state index contributed by atoms with van der Waals surface area (Å²) in [6.45, 7) is 1.66. The summed E-state index contributed by atoms with van der Waals surface area (Å²) in [5.41, 5.74) is 5.54. The predicted molar refractivity (Wildman–Crippen MR) is 117 cm³/mol. The van der Waals surface area contributed by atoms with Crippen molar-refractivity contribution in [1.29, 1.82) is 0 Å². The number of carboxylic acids is 1. The number of benzene rings is 2. The number of fused-ring (bicyclic) bond motifs is 1. The first-order chi connectivity index (χ1) is 15.7. The third-order valence-corrected chi connectivity index (χ3v) is 5.52. The molecule has 0 amide bonds. The van der Waals surface area contributed by atoms with Gasteiger partial charge < -0.3 is 20.5 Å². The van der Waals surface area contributed by atoms with E-state index in [4.69, 9.17) is 4.74 Å². The summed E-state index contributed by atoms with van der Waals surface area (Å²) >= 11 is 0. The second-order valence-corrected chi connectivity index (χ2v) is 7.83. The molecular formula is C24H22F3N3O3. The van der Waals surface area contributed by atoms with E-state index in [1.54, 1.807) is 18.2 Å². The molecule has 4 rings (SSSR count). The van der Waals surface area contributed by atoms with Crippen molar-refractivity contribution in [3.8, 4) is 16.9 Å². The van der Waals surface area contributed by atoms with Crippen LogP contribution >= 0.6 is 0 Å². The first kappa shape index (κ1) is 22.6. The van der Waals surface area contributed by atoms with E-state index in [0.29, 0.717) is 18.8 Å². The molecule has 0 spiro atoms. The monoisotopic (exact) mass is 457 g/mol. The lowest BCUT2D eigenvalue weighted by molar-refractivity contribution is -0.153. The molecule has 0 aliphatic carbocycles. The number of rotatable bonds is 7. The Morgan fingerprint density at radius 3 is 2.79 bits per heavy atom. The van der Waals surface area contributed by atoms with Gasteiger partial charge in [-0.1, -0.05) is 18.2 Å². The molecule has 0 bridgehead atoms. The molecule has 0 fully saturated rings. The lowest BCUT2D eigenvalue weighted by atomic mass is 9.95. The number of carboxylic acid groups (broad SMARTS) is 1. The number of alkyl halides is 3. The molecule has 1 aliphatic rings. The van der Waals surface area contributed by atoms with E-state index >= 15 is 0 Å². The number of hydrogen-bond acceptors (Lipinski definition) is 5. The van der Waals surface area contributed by atoms with E-state index in [9.17, 15) is 23.1 Å². The first-order valence-electron chi connectivity index (χ1n) is 10.3. The summed E-state index contributed by atoms with van der Waals surface area (Å²) in [6, 6.07) is 12.4. The van der Waals surface area contributed by atoms with Gasteiger partial charge in [-0.05, 0) is 59.0 Å². The highest BCUT2D eigenvalue weighted by Crippen LogP contribution is 2.33. The van der Waals surface area contributed by atoms with Gasteiger partial charge in [0.05, 0.1) is 23.5 Å². The summed E-state index contributed by atoms with van der Waals surface area (Å²) in [7, 11) is 0. The van der Waals surface area contributed by atoms with Gasteiger partial charge in [0, 0.05) is 19.3 Å². The van der Waals surface area contributed by atoms with Crippen molar-refractivity contribution in [3.05, 3.63) is 77.1 Å². The molecule has 6 nitrogen and oxygen atoms in total. The van der Waals surface area contributed by atoms with Gasteiger partial charge in [-0.25, -0.2) is 4.79 Å². The van der Waals surface area contributed by atoms with E-state index in [-0.39, 0.29) is 17.4 Å². The Bertz CT molecular complexity index is 1180. The van der Waals surface area contributed by atoms with Crippen LogP contribution < -0.4 is 15.4 Å². The molecular weight excluding hydrogens is 435 g/mol. The molecule has 1 aliphatic heterocycles. The average molecular weight is 457 g/mol. The summed E-state index contributed by atoms with van der Waals surface area (Å²) in [4.78, 5) is 15.4. The molecule has 172 valence electrons. The standard InChI is InChI=1S/C24H22F3N3O3/c1-14-8-17(33-13-24(25,26)27)3-5-18(14)15-2-4-19-16(9-15)10-29-22(19)12-30-21-11-28-7-6-20(21)23(31)32/h2-9,11,22,29-30H,10,12-13H2,1H3,(H,31,32). The fraction of sp³-hybridized carbons (Fsp3) is 0.250. The smallest absolute Gasteiger partial charge is 0.422 e. The van der Waals surface area contributed by atoms with Crippen LogP contribution in [0.1, 0.15) is 33.1 Å². The molecule has 1 aromatic heterocycles. The van der Waals surface area contributed by atoms with Crippen molar-refractivity contribution in [2.75, 3.05) is 18.5 Å². The van der Waals surface area contributed by atoms with Gasteiger partial charge in [0.2, 0.25) is 0 Å². The lowest BCUT2D eigenvalue weighted by Crippen LogP contribution is -2.22. The van der Waals surface area contributed by atoms with Crippen molar-refractivity contribution < 1.29 is 27.8 Å². The van der Waals surface area contributed by atoms with E-state index in [0.717, 1.165) is 27.8 Å². The fourth-order valence-electron chi connectivity index (χ4n) is 3.94. The van der Waals surface area contributed by atoms with Gasteiger partial charge in [0.15, 0.2) is 6.61 Å². The molecule has 0 radical (unpaired) electrons.